The first kappa shape index (κ1) is 10.5. The molecule has 3 heteroatoms. The van der Waals surface area contributed by atoms with Crippen LogP contribution in [0.5, 0.6) is 5.75 Å². The molecule has 1 saturated heterocycles. The molecule has 1 aromatic carbocycles. The van der Waals surface area contributed by atoms with Crippen molar-refractivity contribution in [2.75, 3.05) is 26.9 Å². The summed E-state index contributed by atoms with van der Waals surface area (Å²) in [6.45, 7) is 1.62. The van der Waals surface area contributed by atoms with Gasteiger partial charge in [0.1, 0.15) is 5.75 Å². The van der Waals surface area contributed by atoms with Crippen LogP contribution in [0.15, 0.2) is 24.3 Å². The fourth-order valence-corrected chi connectivity index (χ4v) is 1.96. The lowest BCUT2D eigenvalue weighted by Gasteiger charge is -2.41. The molecule has 0 saturated carbocycles. The topological polar surface area (TPSA) is 38.7 Å². The van der Waals surface area contributed by atoms with E-state index in [4.69, 9.17) is 14.6 Å². The van der Waals surface area contributed by atoms with Crippen molar-refractivity contribution in [2.24, 2.45) is 0 Å². The van der Waals surface area contributed by atoms with Gasteiger partial charge in [0.25, 0.3) is 0 Å². The zero-order valence-electron chi connectivity index (χ0n) is 8.90. The van der Waals surface area contributed by atoms with E-state index in [1.807, 2.05) is 12.1 Å². The molecule has 1 aliphatic heterocycles. The van der Waals surface area contributed by atoms with Gasteiger partial charge in [-0.1, -0.05) is 12.1 Å². The predicted molar refractivity (Wildman–Crippen MR) is 57.2 cm³/mol. The molecule has 0 aliphatic carbocycles. The molecule has 2 rings (SSSR count). The quantitative estimate of drug-likeness (QED) is 0.811. The van der Waals surface area contributed by atoms with Gasteiger partial charge in [-0.05, 0) is 24.1 Å². The number of aliphatic hydroxyl groups excluding tert-OH is 1. The Kier molecular flexibility index (Phi) is 2.93. The second kappa shape index (κ2) is 4.21. The summed E-state index contributed by atoms with van der Waals surface area (Å²) < 4.78 is 10.4. The highest BCUT2D eigenvalue weighted by molar-refractivity contribution is 5.34. The minimum atomic E-state index is 0.0288. The lowest BCUT2D eigenvalue weighted by atomic mass is 9.76. The van der Waals surface area contributed by atoms with E-state index in [1.165, 1.54) is 5.56 Å². The van der Waals surface area contributed by atoms with Crippen molar-refractivity contribution >= 4 is 0 Å². The van der Waals surface area contributed by atoms with Gasteiger partial charge in [0.2, 0.25) is 0 Å². The zero-order chi connectivity index (χ0) is 10.7. The van der Waals surface area contributed by atoms with Crippen LogP contribution in [0.3, 0.4) is 0 Å². The van der Waals surface area contributed by atoms with Crippen LogP contribution in [0.4, 0.5) is 0 Å². The lowest BCUT2D eigenvalue weighted by molar-refractivity contribution is -0.0701. The SMILES string of the molecule is COc1ccc(C2(CCO)COC2)cc1. The van der Waals surface area contributed by atoms with Gasteiger partial charge in [-0.15, -0.1) is 0 Å². The van der Waals surface area contributed by atoms with Crippen LogP contribution in [0.2, 0.25) is 0 Å². The second-order valence-corrected chi connectivity index (χ2v) is 3.98. The molecule has 1 N–H and O–H groups in total. The number of rotatable bonds is 4. The van der Waals surface area contributed by atoms with E-state index in [0.29, 0.717) is 13.2 Å². The third kappa shape index (κ3) is 1.85. The van der Waals surface area contributed by atoms with E-state index in [0.717, 1.165) is 12.2 Å². The predicted octanol–water partition coefficient (Wildman–Crippen LogP) is 1.35. The number of aliphatic hydroxyl groups is 1. The first-order chi connectivity index (χ1) is 7.30. The summed E-state index contributed by atoms with van der Waals surface area (Å²) in [4.78, 5) is 0. The summed E-state index contributed by atoms with van der Waals surface area (Å²) in [5, 5.41) is 9.05. The Balaban J connectivity index is 2.19. The van der Waals surface area contributed by atoms with Gasteiger partial charge in [0.05, 0.1) is 20.3 Å². The molecule has 1 aliphatic rings. The van der Waals surface area contributed by atoms with Crippen molar-refractivity contribution in [3.05, 3.63) is 29.8 Å². The van der Waals surface area contributed by atoms with Gasteiger partial charge in [-0.3, -0.25) is 0 Å². The molecular formula is C12H16O3. The van der Waals surface area contributed by atoms with E-state index in [2.05, 4.69) is 12.1 Å². The summed E-state index contributed by atoms with van der Waals surface area (Å²) in [6.07, 6.45) is 0.763. The van der Waals surface area contributed by atoms with Gasteiger partial charge in [-0.25, -0.2) is 0 Å². The van der Waals surface area contributed by atoms with Crippen LogP contribution < -0.4 is 4.74 Å². The summed E-state index contributed by atoms with van der Waals surface area (Å²) in [6, 6.07) is 8.01. The minimum absolute atomic E-state index is 0.0288. The van der Waals surface area contributed by atoms with Crippen LogP contribution in [-0.2, 0) is 10.2 Å². The van der Waals surface area contributed by atoms with Gasteiger partial charge in [-0.2, -0.15) is 0 Å². The number of hydrogen-bond acceptors (Lipinski definition) is 3. The van der Waals surface area contributed by atoms with Crippen molar-refractivity contribution in [3.8, 4) is 5.75 Å². The molecule has 3 nitrogen and oxygen atoms in total. The number of hydrogen-bond donors (Lipinski definition) is 1. The fourth-order valence-electron chi connectivity index (χ4n) is 1.96. The molecule has 0 unspecified atom stereocenters. The second-order valence-electron chi connectivity index (χ2n) is 3.98. The molecule has 0 bridgehead atoms. The number of ether oxygens (including phenoxy) is 2. The maximum atomic E-state index is 9.05. The third-order valence-corrected chi connectivity index (χ3v) is 3.05. The van der Waals surface area contributed by atoms with Crippen molar-refractivity contribution in [3.63, 3.8) is 0 Å². The Morgan fingerprint density at radius 1 is 1.33 bits per heavy atom. The Morgan fingerprint density at radius 3 is 2.40 bits per heavy atom. The normalized spacial score (nSPS) is 18.3. The minimum Gasteiger partial charge on any atom is -0.497 e. The molecule has 0 amide bonds. The van der Waals surface area contributed by atoms with E-state index in [1.54, 1.807) is 7.11 Å². The smallest absolute Gasteiger partial charge is 0.118 e. The fraction of sp³-hybridized carbons (Fsp3) is 0.500. The van der Waals surface area contributed by atoms with E-state index >= 15 is 0 Å². The Hall–Kier alpha value is -1.06. The first-order valence-corrected chi connectivity index (χ1v) is 5.14. The van der Waals surface area contributed by atoms with Crippen molar-refractivity contribution in [1.82, 2.24) is 0 Å². The number of benzene rings is 1. The van der Waals surface area contributed by atoms with E-state index < -0.39 is 0 Å². The summed E-state index contributed by atoms with van der Waals surface area (Å²) in [5.74, 6) is 0.859. The average molecular weight is 208 g/mol. The lowest BCUT2D eigenvalue weighted by Crippen LogP contribution is -2.47. The summed E-state index contributed by atoms with van der Waals surface area (Å²) >= 11 is 0. The molecule has 1 aromatic rings. The molecule has 0 atom stereocenters. The molecule has 15 heavy (non-hydrogen) atoms. The van der Waals surface area contributed by atoms with Crippen LogP contribution in [-0.4, -0.2) is 32.0 Å². The molecule has 0 spiro atoms. The molecule has 1 fully saturated rings. The van der Waals surface area contributed by atoms with Crippen LogP contribution in [0, 0.1) is 0 Å². The third-order valence-electron chi connectivity index (χ3n) is 3.05. The Morgan fingerprint density at radius 2 is 2.00 bits per heavy atom. The van der Waals surface area contributed by atoms with E-state index in [-0.39, 0.29) is 12.0 Å². The van der Waals surface area contributed by atoms with Gasteiger partial charge >= 0.3 is 0 Å². The van der Waals surface area contributed by atoms with Crippen molar-refractivity contribution in [1.29, 1.82) is 0 Å². The molecular weight excluding hydrogens is 192 g/mol. The van der Waals surface area contributed by atoms with Gasteiger partial charge < -0.3 is 14.6 Å². The zero-order valence-corrected chi connectivity index (χ0v) is 8.90. The maximum Gasteiger partial charge on any atom is 0.118 e. The Bertz CT molecular complexity index is 314. The molecule has 0 aromatic heterocycles. The van der Waals surface area contributed by atoms with Crippen LogP contribution >= 0.6 is 0 Å². The average Bonchev–Trinajstić information content (AvgIpc) is 2.24. The highest BCUT2D eigenvalue weighted by Crippen LogP contribution is 2.36. The summed E-state index contributed by atoms with van der Waals surface area (Å²) in [7, 11) is 1.66. The van der Waals surface area contributed by atoms with Crippen LogP contribution in [0.1, 0.15) is 12.0 Å². The standard InChI is InChI=1S/C12H16O3/c1-14-11-4-2-10(3-5-11)12(6-7-13)8-15-9-12/h2-5,13H,6-9H2,1H3. The van der Waals surface area contributed by atoms with Gasteiger partial charge in [0, 0.05) is 12.0 Å². The Labute approximate surface area is 89.6 Å². The summed E-state index contributed by atoms with van der Waals surface area (Å²) in [5.41, 5.74) is 1.25. The van der Waals surface area contributed by atoms with E-state index in [9.17, 15) is 0 Å². The highest BCUT2D eigenvalue weighted by atomic mass is 16.5. The molecule has 1 heterocycles. The van der Waals surface area contributed by atoms with Crippen molar-refractivity contribution < 1.29 is 14.6 Å². The number of methoxy groups -OCH3 is 1. The van der Waals surface area contributed by atoms with Crippen LogP contribution in [0.25, 0.3) is 0 Å². The highest BCUT2D eigenvalue weighted by Gasteiger charge is 2.39. The maximum absolute atomic E-state index is 9.05. The molecule has 0 radical (unpaired) electrons. The monoisotopic (exact) mass is 208 g/mol. The van der Waals surface area contributed by atoms with Crippen molar-refractivity contribution in [2.45, 2.75) is 11.8 Å². The first-order valence-electron chi connectivity index (χ1n) is 5.14. The van der Waals surface area contributed by atoms with Gasteiger partial charge in [0.15, 0.2) is 0 Å². The largest absolute Gasteiger partial charge is 0.497 e. The molecule has 82 valence electrons.